The number of hydrogen-bond acceptors (Lipinski definition) is 8. The predicted octanol–water partition coefficient (Wildman–Crippen LogP) is 7.41. The third-order valence-electron chi connectivity index (χ3n) is 8.21. The molecule has 0 saturated carbocycles. The molecule has 3 amide bonds. The summed E-state index contributed by atoms with van der Waals surface area (Å²) in [6, 6.07) is 20.5. The first-order valence-corrected chi connectivity index (χ1v) is 18.5. The zero-order valence-corrected chi connectivity index (χ0v) is 30.4. The van der Waals surface area contributed by atoms with Gasteiger partial charge >= 0.3 is 12.1 Å². The average molecular weight is 691 g/mol. The summed E-state index contributed by atoms with van der Waals surface area (Å²) in [5.41, 5.74) is 5.03. The number of rotatable bonds is 18. The molecular weight excluding hydrogens is 641 g/mol. The van der Waals surface area contributed by atoms with Crippen LogP contribution in [0.2, 0.25) is 0 Å². The van der Waals surface area contributed by atoms with Gasteiger partial charge in [0, 0.05) is 49.2 Å². The van der Waals surface area contributed by atoms with Crippen molar-refractivity contribution < 1.29 is 14.3 Å². The number of ether oxygens (including phenoxy) is 1. The van der Waals surface area contributed by atoms with Gasteiger partial charge in [0.25, 0.3) is 0 Å². The fraction of sp³-hybridized carbons (Fsp3) is 0.459. The van der Waals surface area contributed by atoms with E-state index in [2.05, 4.69) is 85.0 Å². The lowest BCUT2D eigenvalue weighted by Crippen LogP contribution is -2.51. The minimum atomic E-state index is -0.429. The van der Waals surface area contributed by atoms with Gasteiger partial charge < -0.3 is 25.6 Å². The fourth-order valence-electron chi connectivity index (χ4n) is 5.35. The molecule has 2 heterocycles. The Kier molecular flexibility index (Phi) is 14.9. The van der Waals surface area contributed by atoms with Crippen LogP contribution in [0.3, 0.4) is 0 Å². The number of amides is 3. The highest BCUT2D eigenvalue weighted by atomic mass is 32.1. The third-order valence-corrected chi connectivity index (χ3v) is 10.2. The Morgan fingerprint density at radius 3 is 2.10 bits per heavy atom. The van der Waals surface area contributed by atoms with Gasteiger partial charge in [0.2, 0.25) is 0 Å². The van der Waals surface area contributed by atoms with Crippen molar-refractivity contribution in [1.82, 2.24) is 30.8 Å². The molecule has 2 aromatic carbocycles. The first kappa shape index (κ1) is 37.0. The van der Waals surface area contributed by atoms with Gasteiger partial charge in [-0.05, 0) is 42.7 Å². The molecule has 0 bridgehead atoms. The molecule has 9 nitrogen and oxygen atoms in total. The third kappa shape index (κ3) is 12.7. The molecule has 0 aliphatic rings. The maximum Gasteiger partial charge on any atom is 0.407 e. The molecule has 4 aromatic rings. The van der Waals surface area contributed by atoms with Gasteiger partial charge in [-0.1, -0.05) is 88.4 Å². The molecule has 0 aliphatic heterocycles. The van der Waals surface area contributed by atoms with Crippen LogP contribution in [0.25, 0.3) is 0 Å². The first-order chi connectivity index (χ1) is 23.2. The monoisotopic (exact) mass is 690 g/mol. The van der Waals surface area contributed by atoms with E-state index in [1.54, 1.807) is 27.9 Å². The molecule has 3 N–H and O–H groups in total. The van der Waals surface area contributed by atoms with E-state index >= 15 is 0 Å². The summed E-state index contributed by atoms with van der Waals surface area (Å²) in [5.74, 6) is 0.593. The van der Waals surface area contributed by atoms with Crippen LogP contribution in [-0.4, -0.2) is 58.7 Å². The normalized spacial score (nSPS) is 13.2. The summed E-state index contributed by atoms with van der Waals surface area (Å²) < 4.78 is 5.52. The van der Waals surface area contributed by atoms with Gasteiger partial charge in [-0.25, -0.2) is 14.6 Å². The lowest BCUT2D eigenvalue weighted by atomic mass is 9.95. The summed E-state index contributed by atoms with van der Waals surface area (Å²) in [5, 5.41) is 13.3. The zero-order valence-electron chi connectivity index (χ0n) is 28.7. The first-order valence-electron chi connectivity index (χ1n) is 16.7. The van der Waals surface area contributed by atoms with Gasteiger partial charge in [0.15, 0.2) is 0 Å². The molecule has 0 radical (unpaired) electrons. The van der Waals surface area contributed by atoms with E-state index in [1.165, 1.54) is 16.9 Å². The lowest BCUT2D eigenvalue weighted by Gasteiger charge is -2.29. The molecule has 2 aromatic heterocycles. The van der Waals surface area contributed by atoms with Gasteiger partial charge in [0.05, 0.1) is 27.6 Å². The van der Waals surface area contributed by atoms with Crippen molar-refractivity contribution in [1.29, 1.82) is 0 Å². The van der Waals surface area contributed by atoms with Crippen molar-refractivity contribution in [2.24, 2.45) is 5.92 Å². The average Bonchev–Trinajstić information content (AvgIpc) is 3.78. The minimum Gasteiger partial charge on any atom is -0.444 e. The van der Waals surface area contributed by atoms with Crippen molar-refractivity contribution in [2.45, 2.75) is 90.6 Å². The highest BCUT2D eigenvalue weighted by Crippen LogP contribution is 2.20. The van der Waals surface area contributed by atoms with Crippen molar-refractivity contribution >= 4 is 34.8 Å². The number of thiazole rings is 2. The maximum absolute atomic E-state index is 13.3. The lowest BCUT2D eigenvalue weighted by molar-refractivity contribution is 0.135. The van der Waals surface area contributed by atoms with E-state index in [-0.39, 0.29) is 36.7 Å². The van der Waals surface area contributed by atoms with Crippen molar-refractivity contribution in [2.75, 3.05) is 13.6 Å². The molecule has 258 valence electrons. The zero-order chi connectivity index (χ0) is 34.3. The number of aromatic nitrogens is 2. The number of alkyl carbamates (subject to hydrolysis) is 1. The Morgan fingerprint density at radius 2 is 1.52 bits per heavy atom. The second-order valence-electron chi connectivity index (χ2n) is 12.9. The van der Waals surface area contributed by atoms with E-state index in [1.807, 2.05) is 36.7 Å². The highest BCUT2D eigenvalue weighted by Gasteiger charge is 2.23. The topological polar surface area (TPSA) is 108 Å². The van der Waals surface area contributed by atoms with Crippen molar-refractivity contribution in [3.63, 3.8) is 0 Å². The molecule has 0 fully saturated rings. The van der Waals surface area contributed by atoms with Crippen molar-refractivity contribution in [3.05, 3.63) is 104 Å². The van der Waals surface area contributed by atoms with Crippen molar-refractivity contribution in [3.8, 4) is 0 Å². The van der Waals surface area contributed by atoms with Crippen LogP contribution in [0, 0.1) is 5.92 Å². The van der Waals surface area contributed by atoms with Gasteiger partial charge in [-0.2, -0.15) is 0 Å². The van der Waals surface area contributed by atoms with Crippen LogP contribution in [0.15, 0.2) is 77.8 Å². The minimum absolute atomic E-state index is 0.0696. The van der Waals surface area contributed by atoms with Gasteiger partial charge in [-0.15, -0.1) is 22.7 Å². The number of urea groups is 1. The number of carbonyl (C=O) groups excluding carboxylic acids is 2. The molecule has 3 unspecified atom stereocenters. The molecule has 48 heavy (non-hydrogen) atoms. The van der Waals surface area contributed by atoms with E-state index in [9.17, 15) is 9.59 Å². The van der Waals surface area contributed by atoms with E-state index in [0.29, 0.717) is 25.4 Å². The van der Waals surface area contributed by atoms with E-state index < -0.39 is 6.09 Å². The second-order valence-corrected chi connectivity index (χ2v) is 14.8. The number of nitrogens with zero attached hydrogens (tertiary/aromatic N) is 3. The maximum atomic E-state index is 13.3. The summed E-state index contributed by atoms with van der Waals surface area (Å²) in [6.07, 6.45) is 4.39. The summed E-state index contributed by atoms with van der Waals surface area (Å²) in [7, 11) is 1.81. The number of hydrogen-bond donors (Lipinski definition) is 3. The Labute approximate surface area is 293 Å². The fourth-order valence-corrected chi connectivity index (χ4v) is 6.68. The number of nitrogens with one attached hydrogen (secondary N) is 3. The predicted molar refractivity (Wildman–Crippen MR) is 195 cm³/mol. The number of benzene rings is 2. The van der Waals surface area contributed by atoms with E-state index in [4.69, 9.17) is 9.72 Å². The van der Waals surface area contributed by atoms with E-state index in [0.717, 1.165) is 40.4 Å². The molecule has 3 atom stereocenters. The SMILES string of the molecule is CC(C)c1nc(CN(C)C(=O)NC(CNC(CCC(Cc2ccccc2)NC(=O)OCc2cncs2)Cc2ccccc2)C(C)C)cs1. The van der Waals surface area contributed by atoms with Crippen LogP contribution in [0.5, 0.6) is 0 Å². The van der Waals surface area contributed by atoms with Crippen LogP contribution < -0.4 is 16.0 Å². The summed E-state index contributed by atoms with van der Waals surface area (Å²) in [4.78, 5) is 37.5. The highest BCUT2D eigenvalue weighted by molar-refractivity contribution is 7.09. The molecule has 11 heteroatoms. The van der Waals surface area contributed by atoms with Crippen LogP contribution >= 0.6 is 22.7 Å². The summed E-state index contributed by atoms with van der Waals surface area (Å²) >= 11 is 3.10. The van der Waals surface area contributed by atoms with Crippen LogP contribution in [-0.2, 0) is 30.7 Å². The quantitative estimate of drug-likeness (QED) is 0.100. The Bertz CT molecular complexity index is 1500. The Balaban J connectivity index is 1.38. The van der Waals surface area contributed by atoms with Gasteiger partial charge in [0.1, 0.15) is 6.61 Å². The van der Waals surface area contributed by atoms with Crippen LogP contribution in [0.4, 0.5) is 9.59 Å². The Hall–Kier alpha value is -3.80. The Morgan fingerprint density at radius 1 is 0.875 bits per heavy atom. The molecule has 4 rings (SSSR count). The molecule has 0 aliphatic carbocycles. The smallest absolute Gasteiger partial charge is 0.407 e. The largest absolute Gasteiger partial charge is 0.444 e. The number of carbonyl (C=O) groups is 2. The second kappa shape index (κ2) is 19.3. The molecular formula is C37H50N6O3S2. The molecule has 0 spiro atoms. The standard InChI is InChI=1S/C37H50N6O3S2/c1-26(2)34(42-36(44)43(5)22-32-24-47-35(40-32)27(3)4)21-39-30(18-28-12-8-6-9-13-28)16-17-31(19-29-14-10-7-11-15-29)41-37(45)46-23-33-20-38-25-48-33/h6-15,20,24-27,30-31,34,39H,16-19,21-23H2,1-5H3,(H,41,45)(H,42,44). The molecule has 0 saturated heterocycles. The summed E-state index contributed by atoms with van der Waals surface area (Å²) in [6.45, 7) is 9.81. The van der Waals surface area contributed by atoms with Crippen LogP contribution in [0.1, 0.15) is 73.2 Å². The van der Waals surface area contributed by atoms with Gasteiger partial charge in [-0.3, -0.25) is 4.98 Å².